The van der Waals surface area contributed by atoms with Crippen LogP contribution in [0.1, 0.15) is 23.0 Å². The summed E-state index contributed by atoms with van der Waals surface area (Å²) in [7, 11) is 3.95. The van der Waals surface area contributed by atoms with Crippen molar-refractivity contribution in [2.75, 3.05) is 38.6 Å². The van der Waals surface area contributed by atoms with E-state index in [2.05, 4.69) is 47.2 Å². The van der Waals surface area contributed by atoms with Gasteiger partial charge in [-0.15, -0.1) is 0 Å². The highest BCUT2D eigenvalue weighted by Crippen LogP contribution is 2.25. The highest BCUT2D eigenvalue weighted by molar-refractivity contribution is 5.92. The van der Waals surface area contributed by atoms with Gasteiger partial charge in [-0.25, -0.2) is 4.98 Å². The van der Waals surface area contributed by atoms with E-state index < -0.39 is 0 Å². The van der Waals surface area contributed by atoms with Crippen molar-refractivity contribution in [2.45, 2.75) is 13.8 Å². The molecule has 1 N–H and O–H groups in total. The second kappa shape index (κ2) is 8.45. The number of nitrogens with one attached hydrogen (secondary N) is 1. The first-order valence-electron chi connectivity index (χ1n) is 8.24. The number of rotatable bonds is 7. The minimum atomic E-state index is -0.137. The Bertz CT molecular complexity index is 667. The minimum absolute atomic E-state index is 0.137. The lowest BCUT2D eigenvalue weighted by atomic mass is 10.2. The molecule has 5 heteroatoms. The zero-order valence-corrected chi connectivity index (χ0v) is 14.9. The number of carbonyl (C=O) groups is 1. The van der Waals surface area contributed by atoms with Gasteiger partial charge in [0.25, 0.3) is 5.91 Å². The third-order valence-electron chi connectivity index (χ3n) is 3.77. The summed E-state index contributed by atoms with van der Waals surface area (Å²) in [6.45, 7) is 6.43. The lowest BCUT2D eigenvalue weighted by Crippen LogP contribution is -2.31. The maximum Gasteiger partial charge on any atom is 0.269 e. The summed E-state index contributed by atoms with van der Waals surface area (Å²) in [5.74, 6) is -0.137. The molecule has 24 heavy (non-hydrogen) atoms. The van der Waals surface area contributed by atoms with Crippen LogP contribution in [-0.4, -0.2) is 49.5 Å². The highest BCUT2D eigenvalue weighted by Gasteiger charge is 2.11. The van der Waals surface area contributed by atoms with E-state index in [-0.39, 0.29) is 5.91 Å². The van der Waals surface area contributed by atoms with Crippen molar-refractivity contribution in [1.82, 2.24) is 15.2 Å². The van der Waals surface area contributed by atoms with E-state index in [1.165, 1.54) is 5.56 Å². The van der Waals surface area contributed by atoms with Crippen LogP contribution in [0.25, 0.3) is 0 Å². The number of nitrogens with zero attached hydrogens (tertiary/aromatic N) is 3. The Balaban J connectivity index is 2.08. The number of pyridine rings is 1. The molecule has 128 valence electrons. The quantitative estimate of drug-likeness (QED) is 0.850. The normalized spacial score (nSPS) is 10.7. The Labute approximate surface area is 144 Å². The summed E-state index contributed by atoms with van der Waals surface area (Å²) in [5.41, 5.74) is 3.77. The molecule has 0 unspecified atom stereocenters. The lowest BCUT2D eigenvalue weighted by molar-refractivity contribution is 0.0946. The lowest BCUT2D eigenvalue weighted by Gasteiger charge is -2.23. The molecule has 0 bridgehead atoms. The summed E-state index contributed by atoms with van der Waals surface area (Å²) >= 11 is 0. The molecule has 1 aromatic carbocycles. The molecular weight excluding hydrogens is 300 g/mol. The first-order chi connectivity index (χ1) is 11.5. The van der Waals surface area contributed by atoms with Crippen molar-refractivity contribution in [1.29, 1.82) is 0 Å². The van der Waals surface area contributed by atoms with Crippen LogP contribution in [0.4, 0.5) is 11.4 Å². The predicted octanol–water partition coefficient (Wildman–Crippen LogP) is 2.84. The molecule has 1 heterocycles. The van der Waals surface area contributed by atoms with E-state index in [1.54, 1.807) is 12.3 Å². The fraction of sp³-hybridized carbons (Fsp3) is 0.368. The number of benzene rings is 1. The largest absolute Gasteiger partial charge is 0.349 e. The Hall–Kier alpha value is -2.40. The van der Waals surface area contributed by atoms with Gasteiger partial charge in [-0.2, -0.15) is 0 Å². The molecule has 1 amide bonds. The van der Waals surface area contributed by atoms with Gasteiger partial charge in [0.15, 0.2) is 0 Å². The van der Waals surface area contributed by atoms with Crippen molar-refractivity contribution < 1.29 is 4.79 Å². The van der Waals surface area contributed by atoms with Gasteiger partial charge in [-0.3, -0.25) is 4.79 Å². The number of hydrogen-bond acceptors (Lipinski definition) is 4. The Morgan fingerprint density at radius 2 is 1.96 bits per heavy atom. The third kappa shape index (κ3) is 4.80. The van der Waals surface area contributed by atoms with Crippen molar-refractivity contribution in [3.63, 3.8) is 0 Å². The number of amides is 1. The molecule has 0 aliphatic rings. The number of hydrogen-bond donors (Lipinski definition) is 1. The number of anilines is 2. The van der Waals surface area contributed by atoms with E-state index in [4.69, 9.17) is 0 Å². The van der Waals surface area contributed by atoms with E-state index in [1.807, 2.05) is 31.1 Å². The predicted molar refractivity (Wildman–Crippen MR) is 99.0 cm³/mol. The number of carbonyl (C=O) groups excluding carboxylic acids is 1. The Kier molecular flexibility index (Phi) is 6.32. The van der Waals surface area contributed by atoms with E-state index in [0.29, 0.717) is 12.2 Å². The first kappa shape index (κ1) is 17.9. The Morgan fingerprint density at radius 3 is 2.54 bits per heavy atom. The molecule has 0 saturated heterocycles. The van der Waals surface area contributed by atoms with E-state index in [0.717, 1.165) is 24.5 Å². The molecule has 0 radical (unpaired) electrons. The molecular formula is C19H26N4O. The van der Waals surface area contributed by atoms with Gasteiger partial charge in [0.1, 0.15) is 5.69 Å². The summed E-state index contributed by atoms with van der Waals surface area (Å²) in [5, 5.41) is 2.88. The van der Waals surface area contributed by atoms with E-state index >= 15 is 0 Å². The topological polar surface area (TPSA) is 48.5 Å². The molecule has 0 fully saturated rings. The SMILES string of the molecule is CCN(c1ccc(C(=O)NCCN(C)C)nc1)c1cccc(C)c1. The number of aryl methyl sites for hydroxylation is 1. The van der Waals surface area contributed by atoms with Crippen LogP contribution in [0.3, 0.4) is 0 Å². The molecule has 0 spiro atoms. The fourth-order valence-electron chi connectivity index (χ4n) is 2.47. The van der Waals surface area contributed by atoms with Crippen LogP contribution in [0.15, 0.2) is 42.6 Å². The van der Waals surface area contributed by atoms with Gasteiger partial charge in [-0.05, 0) is 57.8 Å². The van der Waals surface area contributed by atoms with E-state index in [9.17, 15) is 4.79 Å². The third-order valence-corrected chi connectivity index (χ3v) is 3.77. The van der Waals surface area contributed by atoms with Crippen LogP contribution in [-0.2, 0) is 0 Å². The van der Waals surface area contributed by atoms with Crippen molar-refractivity contribution in [2.24, 2.45) is 0 Å². The van der Waals surface area contributed by atoms with Crippen LogP contribution >= 0.6 is 0 Å². The average molecular weight is 326 g/mol. The van der Waals surface area contributed by atoms with Crippen LogP contribution in [0.5, 0.6) is 0 Å². The standard InChI is InChI=1S/C19H26N4O/c1-5-23(16-8-6-7-15(2)13-16)17-9-10-18(21-14-17)19(24)20-11-12-22(3)4/h6-10,13-14H,5,11-12H2,1-4H3,(H,20,24). The maximum atomic E-state index is 12.1. The minimum Gasteiger partial charge on any atom is -0.349 e. The second-order valence-corrected chi connectivity index (χ2v) is 6.04. The van der Waals surface area contributed by atoms with Crippen LogP contribution < -0.4 is 10.2 Å². The van der Waals surface area contributed by atoms with Crippen LogP contribution in [0, 0.1) is 6.92 Å². The number of aromatic nitrogens is 1. The molecule has 5 nitrogen and oxygen atoms in total. The highest BCUT2D eigenvalue weighted by atomic mass is 16.1. The van der Waals surface area contributed by atoms with Gasteiger partial charge in [0.05, 0.1) is 11.9 Å². The zero-order valence-electron chi connectivity index (χ0n) is 14.9. The second-order valence-electron chi connectivity index (χ2n) is 6.04. The van der Waals surface area contributed by atoms with Gasteiger partial charge in [-0.1, -0.05) is 12.1 Å². The summed E-state index contributed by atoms with van der Waals surface area (Å²) < 4.78 is 0. The molecule has 1 aromatic heterocycles. The zero-order chi connectivity index (χ0) is 17.5. The monoisotopic (exact) mass is 326 g/mol. The van der Waals surface area contributed by atoms with Gasteiger partial charge in [0, 0.05) is 25.3 Å². The van der Waals surface area contributed by atoms with Gasteiger partial charge in [0.2, 0.25) is 0 Å². The van der Waals surface area contributed by atoms with Crippen molar-refractivity contribution >= 4 is 17.3 Å². The summed E-state index contributed by atoms with van der Waals surface area (Å²) in [4.78, 5) is 20.6. The van der Waals surface area contributed by atoms with Crippen molar-refractivity contribution in [3.05, 3.63) is 53.9 Å². The smallest absolute Gasteiger partial charge is 0.269 e. The van der Waals surface area contributed by atoms with Gasteiger partial charge >= 0.3 is 0 Å². The number of likely N-dealkylation sites (N-methyl/N-ethyl adjacent to an activating group) is 1. The Morgan fingerprint density at radius 1 is 1.17 bits per heavy atom. The molecule has 0 atom stereocenters. The molecule has 2 rings (SSSR count). The summed E-state index contributed by atoms with van der Waals surface area (Å²) in [6.07, 6.45) is 1.76. The van der Waals surface area contributed by atoms with Crippen molar-refractivity contribution in [3.8, 4) is 0 Å². The molecule has 0 aliphatic carbocycles. The molecule has 2 aromatic rings. The fourth-order valence-corrected chi connectivity index (χ4v) is 2.47. The summed E-state index contributed by atoms with van der Waals surface area (Å²) in [6, 6.07) is 12.1. The first-order valence-corrected chi connectivity index (χ1v) is 8.24. The van der Waals surface area contributed by atoms with Gasteiger partial charge < -0.3 is 15.1 Å². The van der Waals surface area contributed by atoms with Crippen LogP contribution in [0.2, 0.25) is 0 Å². The maximum absolute atomic E-state index is 12.1. The molecule has 0 aliphatic heterocycles. The average Bonchev–Trinajstić information content (AvgIpc) is 2.56. The molecule has 0 saturated carbocycles.